The third kappa shape index (κ3) is 7.53. The molecule has 212 valence electrons. The summed E-state index contributed by atoms with van der Waals surface area (Å²) < 4.78 is 0. The predicted molar refractivity (Wildman–Crippen MR) is 182 cm³/mol. The van der Waals surface area contributed by atoms with Gasteiger partial charge in [-0.05, 0) is 97.3 Å². The minimum Gasteiger partial charge on any atom is -0.257 e. The number of hydrogen-bond donors (Lipinski definition) is 0. The molecule has 0 saturated heterocycles. The fraction of sp³-hybridized carbons (Fsp3) is 0.244. The highest BCUT2D eigenvalue weighted by atomic mass is 14.8. The van der Waals surface area contributed by atoms with Gasteiger partial charge in [0, 0.05) is 12.1 Å². The summed E-state index contributed by atoms with van der Waals surface area (Å²) in [4.78, 5) is 5.01. The zero-order chi connectivity index (χ0) is 29.3. The van der Waals surface area contributed by atoms with Gasteiger partial charge in [0.15, 0.2) is 0 Å². The van der Waals surface area contributed by atoms with Crippen molar-refractivity contribution < 1.29 is 0 Å². The second kappa shape index (κ2) is 14.1. The molecule has 0 saturated carbocycles. The highest BCUT2D eigenvalue weighted by Gasteiger charge is 2.18. The molecule has 0 aromatic heterocycles. The molecule has 1 aliphatic carbocycles. The highest BCUT2D eigenvalue weighted by molar-refractivity contribution is 6.04. The maximum atomic E-state index is 5.01. The summed E-state index contributed by atoms with van der Waals surface area (Å²) in [6, 6.07) is 29.8. The van der Waals surface area contributed by atoms with E-state index in [1.807, 2.05) is 0 Å². The summed E-state index contributed by atoms with van der Waals surface area (Å²) in [5.41, 5.74) is 14.1. The molecule has 0 amide bonds. The molecule has 1 aliphatic heterocycles. The lowest BCUT2D eigenvalue weighted by Gasteiger charge is -2.20. The Kier molecular flexibility index (Phi) is 9.82. The van der Waals surface area contributed by atoms with Gasteiger partial charge in [0.05, 0.1) is 5.71 Å². The molecular weight excluding hydrogens is 506 g/mol. The molecule has 5 rings (SSSR count). The number of aliphatic imine (C=N–C) groups is 1. The van der Waals surface area contributed by atoms with Crippen molar-refractivity contribution in [2.45, 2.75) is 58.8 Å². The van der Waals surface area contributed by atoms with Crippen LogP contribution in [-0.2, 0) is 6.42 Å². The third-order valence-electron chi connectivity index (χ3n) is 8.57. The van der Waals surface area contributed by atoms with E-state index in [2.05, 4.69) is 136 Å². The van der Waals surface area contributed by atoms with Gasteiger partial charge in [-0.3, -0.25) is 4.99 Å². The molecule has 2 aliphatic rings. The maximum Gasteiger partial charge on any atom is 0.0520 e. The molecule has 1 heteroatoms. The molecule has 1 atom stereocenters. The normalized spacial score (nSPS) is 15.5. The molecule has 3 aromatic rings. The Morgan fingerprint density at radius 3 is 2.31 bits per heavy atom. The first-order valence-corrected chi connectivity index (χ1v) is 15.3. The molecule has 0 N–H and O–H groups in total. The first kappa shape index (κ1) is 29.3. The molecule has 0 bridgehead atoms. The fourth-order valence-electron chi connectivity index (χ4n) is 5.99. The van der Waals surface area contributed by atoms with Crippen LogP contribution in [0.15, 0.2) is 155 Å². The van der Waals surface area contributed by atoms with Crippen LogP contribution >= 0.6 is 0 Å². The molecule has 0 fully saturated rings. The van der Waals surface area contributed by atoms with E-state index in [9.17, 15) is 0 Å². The largest absolute Gasteiger partial charge is 0.257 e. The summed E-state index contributed by atoms with van der Waals surface area (Å²) in [6.07, 6.45) is 16.6. The van der Waals surface area contributed by atoms with E-state index in [0.717, 1.165) is 50.5 Å². The molecule has 0 spiro atoms. The van der Waals surface area contributed by atoms with Crippen molar-refractivity contribution in [2.24, 2.45) is 10.9 Å². The minimum absolute atomic E-state index is 0.370. The van der Waals surface area contributed by atoms with Crippen molar-refractivity contribution in [3.8, 4) is 0 Å². The molecule has 0 radical (unpaired) electrons. The van der Waals surface area contributed by atoms with Gasteiger partial charge in [-0.15, -0.1) is 0 Å². The van der Waals surface area contributed by atoms with Gasteiger partial charge in [0.2, 0.25) is 0 Å². The number of benzene rings is 3. The van der Waals surface area contributed by atoms with Gasteiger partial charge in [-0.1, -0.05) is 134 Å². The number of nitrogens with zero attached hydrogens (tertiary/aromatic N) is 1. The van der Waals surface area contributed by atoms with Gasteiger partial charge >= 0.3 is 0 Å². The smallest absolute Gasteiger partial charge is 0.0520 e. The fourth-order valence-corrected chi connectivity index (χ4v) is 5.99. The quantitative estimate of drug-likeness (QED) is 0.199. The average molecular weight is 550 g/mol. The van der Waals surface area contributed by atoms with Crippen LogP contribution in [-0.4, -0.2) is 5.71 Å². The van der Waals surface area contributed by atoms with E-state index in [1.165, 1.54) is 56.0 Å². The van der Waals surface area contributed by atoms with Crippen LogP contribution in [0.1, 0.15) is 74.6 Å². The van der Waals surface area contributed by atoms with Crippen LogP contribution in [0, 0.1) is 5.92 Å². The average Bonchev–Trinajstić information content (AvgIpc) is 3.24. The van der Waals surface area contributed by atoms with Gasteiger partial charge < -0.3 is 0 Å². The topological polar surface area (TPSA) is 12.4 Å². The van der Waals surface area contributed by atoms with Crippen molar-refractivity contribution in [2.75, 3.05) is 0 Å². The standard InChI is InChI=1S/C41H43N/c1-30(2)38(29-37-22-11-12-23-39(37)32(4)35-18-7-5-8-19-35)28-34-17-13-15-33(25-26-34)16-14-24-40-31(3)27-41(42-40)36-20-9-6-10-21-36/h5-13,17-23,25-26,38H,1,4,14-16,24,27-29H2,2-3H3. The van der Waals surface area contributed by atoms with Crippen molar-refractivity contribution in [1.82, 2.24) is 0 Å². The Bertz CT molecular complexity index is 1570. The Morgan fingerprint density at radius 1 is 0.833 bits per heavy atom. The van der Waals surface area contributed by atoms with Crippen molar-refractivity contribution >= 4 is 11.3 Å². The van der Waals surface area contributed by atoms with Crippen molar-refractivity contribution in [1.29, 1.82) is 0 Å². The third-order valence-corrected chi connectivity index (χ3v) is 8.57. The lowest BCUT2D eigenvalue weighted by molar-refractivity contribution is 0.610. The summed E-state index contributed by atoms with van der Waals surface area (Å²) >= 11 is 0. The molecule has 1 nitrogen and oxygen atoms in total. The second-order valence-corrected chi connectivity index (χ2v) is 11.8. The van der Waals surface area contributed by atoms with Crippen LogP contribution in [0.25, 0.3) is 5.57 Å². The van der Waals surface area contributed by atoms with E-state index < -0.39 is 0 Å². The minimum atomic E-state index is 0.370. The van der Waals surface area contributed by atoms with Crippen LogP contribution < -0.4 is 0 Å². The molecule has 1 heterocycles. The monoisotopic (exact) mass is 549 g/mol. The van der Waals surface area contributed by atoms with Gasteiger partial charge in [0.25, 0.3) is 0 Å². The molecule has 3 aromatic carbocycles. The van der Waals surface area contributed by atoms with E-state index in [-0.39, 0.29) is 0 Å². The second-order valence-electron chi connectivity index (χ2n) is 11.8. The summed E-state index contributed by atoms with van der Waals surface area (Å²) in [7, 11) is 0. The first-order chi connectivity index (χ1) is 20.5. The molecule has 1 unspecified atom stereocenters. The van der Waals surface area contributed by atoms with Crippen molar-refractivity contribution in [3.05, 3.63) is 173 Å². The Labute approximate surface area is 253 Å². The Hall–Kier alpha value is -4.23. The van der Waals surface area contributed by atoms with Crippen molar-refractivity contribution in [3.63, 3.8) is 0 Å². The van der Waals surface area contributed by atoms with Crippen LogP contribution in [0.4, 0.5) is 0 Å². The highest BCUT2D eigenvalue weighted by Crippen LogP contribution is 2.32. The molecular formula is C41H43N. The first-order valence-electron chi connectivity index (χ1n) is 15.3. The van der Waals surface area contributed by atoms with Gasteiger partial charge in [-0.2, -0.15) is 0 Å². The van der Waals surface area contributed by atoms with Crippen LogP contribution in [0.5, 0.6) is 0 Å². The predicted octanol–water partition coefficient (Wildman–Crippen LogP) is 11.0. The SMILES string of the molecule is C=C(c1ccccc1)c1ccccc1CC(CC1=CC=C(CCCC2=C(C)CC(c3ccccc3)=N2)CC=C1)C(=C)C. The Balaban J connectivity index is 1.20. The lowest BCUT2D eigenvalue weighted by atomic mass is 9.84. The zero-order valence-corrected chi connectivity index (χ0v) is 25.3. The zero-order valence-electron chi connectivity index (χ0n) is 25.3. The van der Waals surface area contributed by atoms with Crippen LogP contribution in [0.3, 0.4) is 0 Å². The summed E-state index contributed by atoms with van der Waals surface area (Å²) in [5.74, 6) is 0.370. The molecule has 42 heavy (non-hydrogen) atoms. The number of rotatable bonds is 12. The van der Waals surface area contributed by atoms with Gasteiger partial charge in [0.1, 0.15) is 0 Å². The number of allylic oxidation sites excluding steroid dienone is 9. The van der Waals surface area contributed by atoms with Crippen LogP contribution in [0.2, 0.25) is 0 Å². The summed E-state index contributed by atoms with van der Waals surface area (Å²) in [6.45, 7) is 13.3. The lowest BCUT2D eigenvalue weighted by Crippen LogP contribution is -2.08. The van der Waals surface area contributed by atoms with E-state index in [1.54, 1.807) is 0 Å². The number of hydrogen-bond acceptors (Lipinski definition) is 1. The summed E-state index contributed by atoms with van der Waals surface area (Å²) in [5, 5.41) is 0. The van der Waals surface area contributed by atoms with E-state index in [4.69, 9.17) is 4.99 Å². The van der Waals surface area contributed by atoms with E-state index >= 15 is 0 Å². The van der Waals surface area contributed by atoms with E-state index in [0.29, 0.717) is 5.92 Å². The Morgan fingerprint density at radius 2 is 1.55 bits per heavy atom. The van der Waals surface area contributed by atoms with Gasteiger partial charge in [-0.25, -0.2) is 0 Å². The maximum absolute atomic E-state index is 5.01.